The average Bonchev–Trinajstić information content (AvgIpc) is 3.06. The Labute approximate surface area is 161 Å². The topological polar surface area (TPSA) is 58.5 Å². The maximum Gasteiger partial charge on any atom is 0.128 e. The first-order valence-corrected chi connectivity index (χ1v) is 8.76. The maximum absolute atomic E-state index is 5.13. The van der Waals surface area contributed by atoms with Crippen molar-refractivity contribution in [3.8, 4) is 0 Å². The number of methoxy groups -OCH3 is 1. The van der Waals surface area contributed by atoms with E-state index in [9.17, 15) is 0 Å². The van der Waals surface area contributed by atoms with Gasteiger partial charge in [0.25, 0.3) is 0 Å². The number of aryl methyl sites for hydroxylation is 1. The largest absolute Gasteiger partial charge is 0.383 e. The van der Waals surface area contributed by atoms with Crippen molar-refractivity contribution in [2.75, 3.05) is 51.8 Å². The molecule has 1 atom stereocenters. The number of likely N-dealkylation sites (N-methyl/N-ethyl adjacent to an activating group) is 1. The molecular formula is C18H29ClN6O. The minimum Gasteiger partial charge on any atom is -0.383 e. The molecule has 3 rings (SSSR count). The number of rotatable bonds is 7. The van der Waals surface area contributed by atoms with Crippen LogP contribution in [0.1, 0.15) is 17.4 Å². The van der Waals surface area contributed by atoms with Gasteiger partial charge in [-0.1, -0.05) is 6.07 Å². The molecule has 1 saturated heterocycles. The third-order valence-electron chi connectivity index (χ3n) is 4.73. The number of nitrogens with zero attached hydrogens (tertiary/aromatic N) is 5. The summed E-state index contributed by atoms with van der Waals surface area (Å²) in [5, 5.41) is 3.48. The third-order valence-corrected chi connectivity index (χ3v) is 4.73. The van der Waals surface area contributed by atoms with Crippen molar-refractivity contribution in [2.45, 2.75) is 12.6 Å². The number of hydrogen-bond acceptors (Lipinski definition) is 6. The van der Waals surface area contributed by atoms with Crippen LogP contribution in [0.4, 0.5) is 5.82 Å². The van der Waals surface area contributed by atoms with Crippen molar-refractivity contribution in [3.63, 3.8) is 0 Å². The number of anilines is 1. The Morgan fingerprint density at radius 1 is 1.35 bits per heavy atom. The van der Waals surface area contributed by atoms with Crippen molar-refractivity contribution in [2.24, 2.45) is 7.05 Å². The van der Waals surface area contributed by atoms with Gasteiger partial charge in [0, 0.05) is 72.5 Å². The molecule has 2 aromatic rings. The van der Waals surface area contributed by atoms with Gasteiger partial charge in [-0.05, 0) is 11.6 Å². The second-order valence-electron chi connectivity index (χ2n) is 6.53. The molecule has 0 saturated carbocycles. The normalized spacial score (nSPS) is 17.7. The molecule has 3 heterocycles. The quantitative estimate of drug-likeness (QED) is 0.785. The first-order chi connectivity index (χ1) is 12.2. The monoisotopic (exact) mass is 380 g/mol. The van der Waals surface area contributed by atoms with Crippen molar-refractivity contribution >= 4 is 18.2 Å². The highest BCUT2D eigenvalue weighted by Gasteiger charge is 2.26. The molecule has 144 valence electrons. The summed E-state index contributed by atoms with van der Waals surface area (Å²) >= 11 is 0. The summed E-state index contributed by atoms with van der Waals surface area (Å²) in [5.74, 6) is 2.08. The van der Waals surface area contributed by atoms with E-state index in [1.54, 1.807) is 7.11 Å². The summed E-state index contributed by atoms with van der Waals surface area (Å²) in [6.07, 6.45) is 5.86. The average molecular weight is 381 g/mol. The van der Waals surface area contributed by atoms with Crippen LogP contribution < -0.4 is 10.2 Å². The van der Waals surface area contributed by atoms with E-state index in [-0.39, 0.29) is 18.4 Å². The second kappa shape index (κ2) is 9.87. The van der Waals surface area contributed by atoms with Gasteiger partial charge in [-0.2, -0.15) is 0 Å². The summed E-state index contributed by atoms with van der Waals surface area (Å²) < 4.78 is 7.23. The lowest BCUT2D eigenvalue weighted by Gasteiger charge is -2.35. The second-order valence-corrected chi connectivity index (χ2v) is 6.53. The highest BCUT2D eigenvalue weighted by molar-refractivity contribution is 5.85. The van der Waals surface area contributed by atoms with Gasteiger partial charge in [0.2, 0.25) is 0 Å². The van der Waals surface area contributed by atoms with Crippen LogP contribution >= 0.6 is 12.4 Å². The zero-order valence-electron chi connectivity index (χ0n) is 15.8. The van der Waals surface area contributed by atoms with E-state index in [0.717, 1.165) is 44.4 Å². The lowest BCUT2D eigenvalue weighted by molar-refractivity contribution is 0.144. The van der Waals surface area contributed by atoms with Crippen molar-refractivity contribution in [1.29, 1.82) is 0 Å². The number of nitrogens with one attached hydrogen (secondary N) is 1. The van der Waals surface area contributed by atoms with E-state index in [2.05, 4.69) is 48.8 Å². The lowest BCUT2D eigenvalue weighted by Crippen LogP contribution is -2.46. The third kappa shape index (κ3) is 4.94. The summed E-state index contributed by atoms with van der Waals surface area (Å²) in [6.45, 7) is 5.36. The minimum atomic E-state index is 0. The van der Waals surface area contributed by atoms with E-state index in [4.69, 9.17) is 4.74 Å². The van der Waals surface area contributed by atoms with Crippen molar-refractivity contribution < 1.29 is 4.74 Å². The molecule has 0 spiro atoms. The minimum absolute atomic E-state index is 0. The number of halogens is 1. The van der Waals surface area contributed by atoms with E-state index in [0.29, 0.717) is 6.61 Å². The van der Waals surface area contributed by atoms with Crippen LogP contribution in [-0.4, -0.2) is 66.4 Å². The van der Waals surface area contributed by atoms with Gasteiger partial charge >= 0.3 is 0 Å². The van der Waals surface area contributed by atoms with Crippen LogP contribution in [0, 0.1) is 0 Å². The van der Waals surface area contributed by atoms with Gasteiger partial charge < -0.3 is 19.5 Å². The molecule has 26 heavy (non-hydrogen) atoms. The van der Waals surface area contributed by atoms with Crippen LogP contribution in [-0.2, 0) is 18.3 Å². The highest BCUT2D eigenvalue weighted by atomic mass is 35.5. The molecular weight excluding hydrogens is 352 g/mol. The van der Waals surface area contributed by atoms with Crippen molar-refractivity contribution in [1.82, 2.24) is 24.8 Å². The predicted octanol–water partition coefficient (Wildman–Crippen LogP) is 1.47. The molecule has 7 nitrogen and oxygen atoms in total. The Kier molecular flexibility index (Phi) is 7.84. The number of pyridine rings is 1. The number of piperazine rings is 1. The van der Waals surface area contributed by atoms with Gasteiger partial charge in [-0.15, -0.1) is 12.4 Å². The fraction of sp³-hybridized carbons (Fsp3) is 0.556. The highest BCUT2D eigenvalue weighted by Crippen LogP contribution is 2.23. The van der Waals surface area contributed by atoms with Gasteiger partial charge in [-0.3, -0.25) is 4.90 Å². The summed E-state index contributed by atoms with van der Waals surface area (Å²) in [6, 6.07) is 4.55. The first kappa shape index (κ1) is 20.6. The smallest absolute Gasteiger partial charge is 0.128 e. The van der Waals surface area contributed by atoms with Crippen LogP contribution in [0.2, 0.25) is 0 Å². The zero-order valence-corrected chi connectivity index (χ0v) is 16.6. The van der Waals surface area contributed by atoms with E-state index in [1.807, 2.05) is 25.6 Å². The molecule has 0 aromatic carbocycles. The van der Waals surface area contributed by atoms with Crippen LogP contribution in [0.5, 0.6) is 0 Å². The molecule has 1 aliphatic heterocycles. The van der Waals surface area contributed by atoms with Crippen LogP contribution in [0.3, 0.4) is 0 Å². The molecule has 0 aliphatic carbocycles. The van der Waals surface area contributed by atoms with Gasteiger partial charge in [0.15, 0.2) is 0 Å². The van der Waals surface area contributed by atoms with E-state index in [1.165, 1.54) is 5.56 Å². The molecule has 0 amide bonds. The SMILES string of the molecule is COCCN(C)c1ccc(CN2CCNCC2c2nccn2C)cn1.Cl. The molecule has 0 radical (unpaired) electrons. The van der Waals surface area contributed by atoms with Crippen LogP contribution in [0.25, 0.3) is 0 Å². The number of ether oxygens (including phenoxy) is 1. The molecule has 8 heteroatoms. The van der Waals surface area contributed by atoms with Gasteiger partial charge in [0.1, 0.15) is 11.6 Å². The van der Waals surface area contributed by atoms with E-state index < -0.39 is 0 Å². The summed E-state index contributed by atoms with van der Waals surface area (Å²) in [7, 11) is 5.81. The fourth-order valence-electron chi connectivity index (χ4n) is 3.20. The predicted molar refractivity (Wildman–Crippen MR) is 106 cm³/mol. The zero-order chi connectivity index (χ0) is 17.6. The Morgan fingerprint density at radius 3 is 2.85 bits per heavy atom. The van der Waals surface area contributed by atoms with Crippen molar-refractivity contribution in [3.05, 3.63) is 42.1 Å². The molecule has 1 aliphatic rings. The molecule has 2 aromatic heterocycles. The fourth-order valence-corrected chi connectivity index (χ4v) is 3.20. The molecule has 1 fully saturated rings. The number of imidazole rings is 1. The Bertz CT molecular complexity index is 662. The maximum atomic E-state index is 5.13. The number of hydrogen-bond donors (Lipinski definition) is 1. The molecule has 1 unspecified atom stereocenters. The first-order valence-electron chi connectivity index (χ1n) is 8.76. The summed E-state index contributed by atoms with van der Waals surface area (Å²) in [5.41, 5.74) is 1.23. The van der Waals surface area contributed by atoms with Crippen LogP contribution in [0.15, 0.2) is 30.7 Å². The Balaban J connectivity index is 0.00000243. The Hall–Kier alpha value is -1.67. The van der Waals surface area contributed by atoms with Gasteiger partial charge in [-0.25, -0.2) is 9.97 Å². The van der Waals surface area contributed by atoms with Gasteiger partial charge in [0.05, 0.1) is 12.6 Å². The standard InChI is InChI=1S/C18H28N6O.ClH/c1-22(10-11-25-3)17-5-4-15(12-21-17)14-24-9-6-19-13-16(24)18-20-7-8-23(18)2;/h4-5,7-8,12,16,19H,6,9-11,13-14H2,1-3H3;1H. The molecule has 0 bridgehead atoms. The van der Waals surface area contributed by atoms with E-state index >= 15 is 0 Å². The molecule has 1 N–H and O–H groups in total. The summed E-state index contributed by atoms with van der Waals surface area (Å²) in [4.78, 5) is 13.7. The lowest BCUT2D eigenvalue weighted by atomic mass is 10.1. The Morgan fingerprint density at radius 2 is 2.19 bits per heavy atom. The number of aromatic nitrogens is 3.